The Morgan fingerprint density at radius 1 is 1.42 bits per heavy atom. The fraction of sp³-hybridized carbons (Fsp3) is 0.846. The quantitative estimate of drug-likeness (QED) is 0.626. The van der Waals surface area contributed by atoms with E-state index in [4.69, 9.17) is 5.11 Å². The van der Waals surface area contributed by atoms with Crippen molar-refractivity contribution in [3.8, 4) is 0 Å². The number of nitrogens with one attached hydrogen (secondary N) is 2. The molecule has 1 heterocycles. The monoisotopic (exact) mass is 288 g/mol. The second kappa shape index (κ2) is 9.20. The second-order valence-corrected chi connectivity index (χ2v) is 6.30. The summed E-state index contributed by atoms with van der Waals surface area (Å²) < 4.78 is 0. The predicted octanol–water partition coefficient (Wildman–Crippen LogP) is 1.23. The largest absolute Gasteiger partial charge is 0.481 e. The Balaban J connectivity index is 2.07. The summed E-state index contributed by atoms with van der Waals surface area (Å²) in [6.07, 6.45) is 3.76. The first-order valence-electron chi connectivity index (χ1n) is 6.91. The molecule has 3 N–H and O–H groups in total. The number of rotatable bonds is 8. The van der Waals surface area contributed by atoms with Crippen LogP contribution in [-0.2, 0) is 9.59 Å². The molecule has 0 aromatic heterocycles. The van der Waals surface area contributed by atoms with E-state index in [1.807, 2.05) is 6.92 Å². The Hall–Kier alpha value is -0.750. The maximum absolute atomic E-state index is 11.7. The molecule has 0 bridgehead atoms. The zero-order valence-corrected chi connectivity index (χ0v) is 12.3. The van der Waals surface area contributed by atoms with E-state index in [0.29, 0.717) is 17.4 Å². The van der Waals surface area contributed by atoms with Crippen molar-refractivity contribution in [3.63, 3.8) is 0 Å². The van der Waals surface area contributed by atoms with Gasteiger partial charge < -0.3 is 15.7 Å². The van der Waals surface area contributed by atoms with Gasteiger partial charge in [-0.1, -0.05) is 0 Å². The zero-order chi connectivity index (χ0) is 14.1. The van der Waals surface area contributed by atoms with Crippen molar-refractivity contribution < 1.29 is 14.7 Å². The highest BCUT2D eigenvalue weighted by Crippen LogP contribution is 2.19. The molecule has 5 nitrogen and oxygen atoms in total. The summed E-state index contributed by atoms with van der Waals surface area (Å²) in [7, 11) is 0. The number of carbonyl (C=O) groups is 2. The molecule has 0 radical (unpaired) electrons. The minimum absolute atomic E-state index is 0.0560. The number of aliphatic carboxylic acids is 1. The second-order valence-electron chi connectivity index (χ2n) is 5.01. The highest BCUT2D eigenvalue weighted by atomic mass is 32.2. The fourth-order valence-corrected chi connectivity index (χ4v) is 3.14. The average Bonchev–Trinajstić information content (AvgIpc) is 2.37. The Bertz CT molecular complexity index is 294. The Morgan fingerprint density at radius 3 is 2.74 bits per heavy atom. The lowest BCUT2D eigenvalue weighted by Gasteiger charge is -2.22. The lowest BCUT2D eigenvalue weighted by atomic mass is 10.1. The van der Waals surface area contributed by atoms with Crippen LogP contribution in [0.1, 0.15) is 39.0 Å². The van der Waals surface area contributed by atoms with E-state index in [9.17, 15) is 9.59 Å². The molecule has 1 rings (SSSR count). The van der Waals surface area contributed by atoms with E-state index in [1.54, 1.807) is 11.8 Å². The van der Waals surface area contributed by atoms with Gasteiger partial charge in [-0.3, -0.25) is 9.59 Å². The molecular weight excluding hydrogens is 264 g/mol. The van der Waals surface area contributed by atoms with Gasteiger partial charge in [-0.05, 0) is 45.7 Å². The van der Waals surface area contributed by atoms with Crippen molar-refractivity contribution in [3.05, 3.63) is 0 Å². The molecule has 0 aromatic rings. The third-order valence-electron chi connectivity index (χ3n) is 3.17. The van der Waals surface area contributed by atoms with Crippen LogP contribution < -0.4 is 10.6 Å². The molecule has 1 aliphatic rings. The number of carboxylic acid groups (broad SMARTS) is 1. The van der Waals surface area contributed by atoms with Crippen LogP contribution in [0.2, 0.25) is 0 Å². The van der Waals surface area contributed by atoms with E-state index in [-0.39, 0.29) is 18.4 Å². The van der Waals surface area contributed by atoms with E-state index in [2.05, 4.69) is 10.6 Å². The molecule has 1 amide bonds. The first kappa shape index (κ1) is 16.3. The van der Waals surface area contributed by atoms with Crippen molar-refractivity contribution in [2.24, 2.45) is 0 Å². The summed E-state index contributed by atoms with van der Waals surface area (Å²) in [6.45, 7) is 4.02. The molecule has 1 fully saturated rings. The molecule has 110 valence electrons. The zero-order valence-electron chi connectivity index (χ0n) is 11.5. The fourth-order valence-electron chi connectivity index (χ4n) is 2.10. The normalized spacial score (nSPS) is 17.9. The van der Waals surface area contributed by atoms with Crippen LogP contribution in [0.5, 0.6) is 0 Å². The summed E-state index contributed by atoms with van der Waals surface area (Å²) in [5.41, 5.74) is 0. The molecule has 0 aromatic carbocycles. The van der Waals surface area contributed by atoms with Gasteiger partial charge in [-0.15, -0.1) is 11.8 Å². The Labute approximate surface area is 118 Å². The minimum Gasteiger partial charge on any atom is -0.481 e. The molecule has 1 unspecified atom stereocenters. The number of hydrogen-bond acceptors (Lipinski definition) is 4. The molecule has 1 saturated heterocycles. The third kappa shape index (κ3) is 8.10. The van der Waals surface area contributed by atoms with Gasteiger partial charge in [0.25, 0.3) is 0 Å². The van der Waals surface area contributed by atoms with E-state index < -0.39 is 5.97 Å². The van der Waals surface area contributed by atoms with Gasteiger partial charge in [-0.2, -0.15) is 0 Å². The van der Waals surface area contributed by atoms with E-state index in [1.165, 1.54) is 0 Å². The van der Waals surface area contributed by atoms with Crippen LogP contribution >= 0.6 is 11.8 Å². The van der Waals surface area contributed by atoms with Crippen molar-refractivity contribution in [1.82, 2.24) is 10.6 Å². The lowest BCUT2D eigenvalue weighted by Crippen LogP contribution is -2.35. The number of amides is 1. The van der Waals surface area contributed by atoms with Crippen LogP contribution in [0.3, 0.4) is 0 Å². The first-order valence-corrected chi connectivity index (χ1v) is 7.96. The maximum atomic E-state index is 11.7. The van der Waals surface area contributed by atoms with Gasteiger partial charge >= 0.3 is 5.97 Å². The number of carboxylic acids is 1. The highest BCUT2D eigenvalue weighted by molar-refractivity contribution is 8.00. The van der Waals surface area contributed by atoms with Gasteiger partial charge in [0.1, 0.15) is 0 Å². The van der Waals surface area contributed by atoms with Gasteiger partial charge in [0, 0.05) is 17.7 Å². The molecule has 0 saturated carbocycles. The molecule has 0 spiro atoms. The number of thioether (sulfide) groups is 1. The molecule has 1 aliphatic heterocycles. The van der Waals surface area contributed by atoms with Crippen molar-refractivity contribution in [2.75, 3.05) is 18.8 Å². The van der Waals surface area contributed by atoms with Crippen LogP contribution in [0.25, 0.3) is 0 Å². The molecule has 19 heavy (non-hydrogen) atoms. The predicted molar refractivity (Wildman–Crippen MR) is 77.4 cm³/mol. The summed E-state index contributed by atoms with van der Waals surface area (Å²) >= 11 is 1.73. The van der Waals surface area contributed by atoms with Crippen LogP contribution in [0.15, 0.2) is 0 Å². The van der Waals surface area contributed by atoms with Gasteiger partial charge in [-0.25, -0.2) is 0 Å². The number of carbonyl (C=O) groups excluding carboxylic acids is 1. The Kier molecular flexibility index (Phi) is 7.90. The van der Waals surface area contributed by atoms with Gasteiger partial charge in [0.05, 0.1) is 5.75 Å². The number of piperidine rings is 1. The number of hydrogen-bond donors (Lipinski definition) is 3. The van der Waals surface area contributed by atoms with Crippen molar-refractivity contribution in [1.29, 1.82) is 0 Å². The third-order valence-corrected chi connectivity index (χ3v) is 4.54. The van der Waals surface area contributed by atoms with Crippen LogP contribution in [-0.4, -0.2) is 47.1 Å². The van der Waals surface area contributed by atoms with Crippen LogP contribution in [0.4, 0.5) is 0 Å². The summed E-state index contributed by atoms with van der Waals surface area (Å²) in [5, 5.41) is 15.4. The summed E-state index contributed by atoms with van der Waals surface area (Å²) in [4.78, 5) is 22.1. The summed E-state index contributed by atoms with van der Waals surface area (Å²) in [5.74, 6) is -0.208. The molecular formula is C13H24N2O3S. The minimum atomic E-state index is -0.778. The molecule has 6 heteroatoms. The highest BCUT2D eigenvalue weighted by Gasteiger charge is 2.15. The van der Waals surface area contributed by atoms with Crippen molar-refractivity contribution >= 4 is 23.6 Å². The first-order chi connectivity index (χ1) is 9.08. The topological polar surface area (TPSA) is 78.4 Å². The molecule has 0 aliphatic carbocycles. The average molecular weight is 288 g/mol. The van der Waals surface area contributed by atoms with Crippen molar-refractivity contribution in [2.45, 2.75) is 50.3 Å². The van der Waals surface area contributed by atoms with Gasteiger partial charge in [0.2, 0.25) is 5.91 Å². The van der Waals surface area contributed by atoms with E-state index >= 15 is 0 Å². The smallest absolute Gasteiger partial charge is 0.303 e. The Morgan fingerprint density at radius 2 is 2.11 bits per heavy atom. The van der Waals surface area contributed by atoms with E-state index in [0.717, 1.165) is 32.4 Å². The maximum Gasteiger partial charge on any atom is 0.303 e. The molecule has 1 atom stereocenters. The standard InChI is InChI=1S/C13H24N2O3S/c1-10(3-2-4-13(17)18)15-12(16)9-19-11-5-7-14-8-6-11/h10-11,14H,2-9H2,1H3,(H,15,16)(H,17,18). The van der Waals surface area contributed by atoms with Crippen LogP contribution in [0, 0.1) is 0 Å². The SMILES string of the molecule is CC(CCCC(=O)O)NC(=O)CSC1CCNCC1. The summed E-state index contributed by atoms with van der Waals surface area (Å²) in [6, 6.07) is 0.0560. The lowest BCUT2D eigenvalue weighted by molar-refractivity contribution is -0.137. The van der Waals surface area contributed by atoms with Gasteiger partial charge in [0.15, 0.2) is 0 Å².